The van der Waals surface area contributed by atoms with Crippen LogP contribution in [0.5, 0.6) is 0 Å². The van der Waals surface area contributed by atoms with Gasteiger partial charge in [-0.1, -0.05) is 13.8 Å². The number of hydrogen-bond donors (Lipinski definition) is 0. The molecule has 0 aromatic rings. The van der Waals surface area contributed by atoms with Crippen LogP contribution in [0.15, 0.2) is 0 Å². The zero-order valence-corrected chi connectivity index (χ0v) is 6.63. The molecule has 3 nitrogen and oxygen atoms in total. The second-order valence-corrected chi connectivity index (χ2v) is 3.05. The number of carbonyl (C=O) groups excluding carboxylic acids is 1. The highest BCUT2D eigenvalue weighted by Crippen LogP contribution is 2.15. The van der Waals surface area contributed by atoms with Crippen molar-refractivity contribution in [2.45, 2.75) is 20.0 Å². The molecule has 1 amide bonds. The third-order valence-corrected chi connectivity index (χ3v) is 1.76. The Balaban J connectivity index is 2.49. The van der Waals surface area contributed by atoms with E-state index in [9.17, 15) is 4.79 Å². The molecule has 0 N–H and O–H groups in total. The van der Waals surface area contributed by atoms with Gasteiger partial charge < -0.3 is 9.64 Å². The van der Waals surface area contributed by atoms with Gasteiger partial charge in [-0.25, -0.2) is 4.79 Å². The molecule has 0 saturated carbocycles. The van der Waals surface area contributed by atoms with E-state index in [1.165, 1.54) is 0 Å². The molecule has 0 unspecified atom stereocenters. The summed E-state index contributed by atoms with van der Waals surface area (Å²) in [6.07, 6.45) is -0.101. The Hall–Kier alpha value is -0.730. The first kappa shape index (κ1) is 7.38. The highest BCUT2D eigenvalue weighted by atomic mass is 16.6. The fourth-order valence-corrected chi connectivity index (χ4v) is 0.948. The Morgan fingerprint density at radius 2 is 2.30 bits per heavy atom. The summed E-state index contributed by atoms with van der Waals surface area (Å²) < 4.78 is 5.02. The van der Waals surface area contributed by atoms with E-state index in [4.69, 9.17) is 4.74 Å². The third-order valence-electron chi connectivity index (χ3n) is 1.76. The van der Waals surface area contributed by atoms with Crippen LogP contribution in [-0.4, -0.2) is 30.7 Å². The lowest BCUT2D eigenvalue weighted by Gasteiger charge is -2.10. The topological polar surface area (TPSA) is 29.5 Å². The Morgan fingerprint density at radius 1 is 1.70 bits per heavy atom. The highest BCUT2D eigenvalue weighted by molar-refractivity contribution is 5.69. The Labute approximate surface area is 61.0 Å². The molecule has 0 aliphatic carbocycles. The molecule has 0 spiro atoms. The average Bonchev–Trinajstić information content (AvgIpc) is 2.13. The van der Waals surface area contributed by atoms with Crippen LogP contribution in [0, 0.1) is 5.92 Å². The molecule has 0 aromatic carbocycles. The first-order chi connectivity index (χ1) is 4.61. The number of carbonyl (C=O) groups is 1. The molecule has 0 bridgehead atoms. The smallest absolute Gasteiger partial charge is 0.409 e. The normalized spacial score (nSPS) is 25.8. The van der Waals surface area contributed by atoms with Gasteiger partial charge in [0.05, 0.1) is 6.54 Å². The van der Waals surface area contributed by atoms with Crippen molar-refractivity contribution in [1.29, 1.82) is 0 Å². The standard InChI is InChI=1S/C7H13NO2/c1-5(2)6-4-8(3)7(9)10-6/h5-6H,4H2,1-3H3/t6-/m1/s1. The van der Waals surface area contributed by atoms with Gasteiger partial charge in [0, 0.05) is 7.05 Å². The van der Waals surface area contributed by atoms with Gasteiger partial charge in [-0.15, -0.1) is 0 Å². The quantitative estimate of drug-likeness (QED) is 0.550. The van der Waals surface area contributed by atoms with E-state index >= 15 is 0 Å². The van der Waals surface area contributed by atoms with Crippen LogP contribution >= 0.6 is 0 Å². The molecule has 1 fully saturated rings. The molecule has 10 heavy (non-hydrogen) atoms. The summed E-state index contributed by atoms with van der Waals surface area (Å²) in [4.78, 5) is 12.4. The van der Waals surface area contributed by atoms with Gasteiger partial charge >= 0.3 is 6.09 Å². The molecule has 1 aliphatic rings. The molecule has 58 valence electrons. The van der Waals surface area contributed by atoms with Crippen molar-refractivity contribution in [2.24, 2.45) is 5.92 Å². The monoisotopic (exact) mass is 143 g/mol. The van der Waals surface area contributed by atoms with Crippen molar-refractivity contribution in [3.05, 3.63) is 0 Å². The van der Waals surface area contributed by atoms with Crippen LogP contribution in [0.1, 0.15) is 13.8 Å². The molecule has 3 heteroatoms. The van der Waals surface area contributed by atoms with Gasteiger partial charge in [0.25, 0.3) is 0 Å². The molecular formula is C7H13NO2. The number of amides is 1. The van der Waals surface area contributed by atoms with Gasteiger partial charge in [-0.3, -0.25) is 0 Å². The van der Waals surface area contributed by atoms with Crippen LogP contribution in [-0.2, 0) is 4.74 Å². The second-order valence-electron chi connectivity index (χ2n) is 3.05. The van der Waals surface area contributed by atoms with Crippen molar-refractivity contribution in [3.8, 4) is 0 Å². The fourth-order valence-electron chi connectivity index (χ4n) is 0.948. The number of likely N-dealkylation sites (N-methyl/N-ethyl adjacent to an activating group) is 1. The summed E-state index contributed by atoms with van der Waals surface area (Å²) in [6.45, 7) is 4.84. The zero-order chi connectivity index (χ0) is 7.72. The van der Waals surface area contributed by atoms with Crippen LogP contribution in [0.2, 0.25) is 0 Å². The van der Waals surface area contributed by atoms with Crippen molar-refractivity contribution in [3.63, 3.8) is 0 Å². The van der Waals surface area contributed by atoms with Crippen molar-refractivity contribution in [1.82, 2.24) is 4.90 Å². The summed E-state index contributed by atoms with van der Waals surface area (Å²) in [7, 11) is 1.75. The molecule has 1 saturated heterocycles. The van der Waals surface area contributed by atoms with Crippen LogP contribution < -0.4 is 0 Å². The minimum atomic E-state index is -0.196. The first-order valence-corrected chi connectivity index (χ1v) is 3.53. The van der Waals surface area contributed by atoms with Crippen LogP contribution in [0.4, 0.5) is 4.79 Å². The molecule has 1 atom stereocenters. The third kappa shape index (κ3) is 1.23. The van der Waals surface area contributed by atoms with Gasteiger partial charge in [-0.2, -0.15) is 0 Å². The number of rotatable bonds is 1. The number of cyclic esters (lactones) is 1. The van der Waals surface area contributed by atoms with Crippen molar-refractivity contribution >= 4 is 6.09 Å². The van der Waals surface area contributed by atoms with E-state index in [1.807, 2.05) is 0 Å². The van der Waals surface area contributed by atoms with E-state index < -0.39 is 0 Å². The minimum Gasteiger partial charge on any atom is -0.444 e. The van der Waals surface area contributed by atoms with Gasteiger partial charge in [0.15, 0.2) is 0 Å². The van der Waals surface area contributed by atoms with Gasteiger partial charge in [0.2, 0.25) is 0 Å². The Kier molecular flexibility index (Phi) is 1.83. The lowest BCUT2D eigenvalue weighted by atomic mass is 10.1. The largest absolute Gasteiger partial charge is 0.444 e. The fraction of sp³-hybridized carbons (Fsp3) is 0.857. The van der Waals surface area contributed by atoms with E-state index in [-0.39, 0.29) is 12.2 Å². The highest BCUT2D eigenvalue weighted by Gasteiger charge is 2.29. The average molecular weight is 143 g/mol. The summed E-state index contributed by atoms with van der Waals surface area (Å²) in [6, 6.07) is 0. The summed E-state index contributed by atoms with van der Waals surface area (Å²) in [5.74, 6) is 0.425. The van der Waals surface area contributed by atoms with Crippen LogP contribution in [0.3, 0.4) is 0 Å². The summed E-state index contributed by atoms with van der Waals surface area (Å²) in [5, 5.41) is 0. The first-order valence-electron chi connectivity index (χ1n) is 3.53. The minimum absolute atomic E-state index is 0.0949. The van der Waals surface area contributed by atoms with Crippen LogP contribution in [0.25, 0.3) is 0 Å². The Bertz CT molecular complexity index is 145. The lowest BCUT2D eigenvalue weighted by molar-refractivity contribution is 0.113. The summed E-state index contributed by atoms with van der Waals surface area (Å²) in [5.41, 5.74) is 0. The SMILES string of the molecule is CC(C)[C@H]1CN(C)C(=O)O1. The van der Waals surface area contributed by atoms with Gasteiger partial charge in [-0.05, 0) is 5.92 Å². The number of nitrogens with zero attached hydrogens (tertiary/aromatic N) is 1. The van der Waals surface area contributed by atoms with E-state index in [1.54, 1.807) is 11.9 Å². The maximum absolute atomic E-state index is 10.8. The summed E-state index contributed by atoms with van der Waals surface area (Å²) >= 11 is 0. The molecule has 1 heterocycles. The van der Waals surface area contributed by atoms with Crippen molar-refractivity contribution < 1.29 is 9.53 Å². The molecule has 0 aromatic heterocycles. The van der Waals surface area contributed by atoms with E-state index in [0.29, 0.717) is 5.92 Å². The number of ether oxygens (including phenoxy) is 1. The lowest BCUT2D eigenvalue weighted by Crippen LogP contribution is -2.21. The molecule has 1 aliphatic heterocycles. The Morgan fingerprint density at radius 3 is 2.50 bits per heavy atom. The predicted octanol–water partition coefficient (Wildman–Crippen LogP) is 1.09. The molecule has 1 rings (SSSR count). The van der Waals surface area contributed by atoms with Crippen molar-refractivity contribution in [2.75, 3.05) is 13.6 Å². The second kappa shape index (κ2) is 2.48. The number of hydrogen-bond acceptors (Lipinski definition) is 2. The van der Waals surface area contributed by atoms with Gasteiger partial charge in [0.1, 0.15) is 6.10 Å². The maximum atomic E-state index is 10.8. The predicted molar refractivity (Wildman–Crippen MR) is 37.7 cm³/mol. The van der Waals surface area contributed by atoms with E-state index in [2.05, 4.69) is 13.8 Å². The molecule has 0 radical (unpaired) electrons. The molecular weight excluding hydrogens is 130 g/mol. The van der Waals surface area contributed by atoms with E-state index in [0.717, 1.165) is 6.54 Å². The maximum Gasteiger partial charge on any atom is 0.409 e. The zero-order valence-electron chi connectivity index (χ0n) is 6.63.